The fourth-order valence-electron chi connectivity index (χ4n) is 1.04. The molecule has 25 heavy (non-hydrogen) atoms. The zero-order valence-electron chi connectivity index (χ0n) is 11.3. The molecule has 0 spiro atoms. The van der Waals surface area contributed by atoms with Gasteiger partial charge in [-0.3, -0.25) is 0 Å². The van der Waals surface area contributed by atoms with E-state index < -0.39 is 52.5 Å². The zero-order valence-corrected chi connectivity index (χ0v) is 14.0. The van der Waals surface area contributed by atoms with Crippen molar-refractivity contribution in [2.24, 2.45) is 0 Å². The molecule has 0 aliphatic carbocycles. The molecule has 0 aliphatic rings. The minimum atomic E-state index is -16.0. The van der Waals surface area contributed by atoms with Gasteiger partial charge in [-0.25, -0.2) is 0 Å². The summed E-state index contributed by atoms with van der Waals surface area (Å²) in [6.07, 6.45) is 0. The first kappa shape index (κ1) is 20.6. The van der Waals surface area contributed by atoms with Crippen molar-refractivity contribution in [3.8, 4) is 0 Å². The third kappa shape index (κ3) is 0.374. The molecule has 0 aliphatic heterocycles. The zero-order chi connectivity index (χ0) is 20.8. The summed E-state index contributed by atoms with van der Waals surface area (Å²) in [4.78, 5) is 144. The third-order valence-corrected chi connectivity index (χ3v) is 41.7. The average molecular weight is 522 g/mol. The molecule has 0 radical (unpaired) electrons. The van der Waals surface area contributed by atoms with Gasteiger partial charge in [0.2, 0.25) is 0 Å². The molecule has 0 rings (SSSR count). The SMILES string of the molecule is O=[C]=[Re](=[C]=O)(=[C]=O)(=[C]=O)(=[C]=O)(=[C]=O)(=[C]=O)(=[C]=O)(=[C]=O)(=[C]=O)(=[C]=O)=[C]=O. The Morgan fingerprint density at radius 2 is 0.320 bits per heavy atom. The number of carbonyl (C=O) groups excluding carboxylic acids is 12. The van der Waals surface area contributed by atoms with Crippen LogP contribution in [0.2, 0.25) is 0 Å². The van der Waals surface area contributed by atoms with E-state index in [2.05, 4.69) is 0 Å². The molecule has 0 unspecified atom stereocenters. The van der Waals surface area contributed by atoms with Gasteiger partial charge < -0.3 is 0 Å². The summed E-state index contributed by atoms with van der Waals surface area (Å²) in [5.74, 6) is 0. The van der Waals surface area contributed by atoms with Crippen LogP contribution in [0.5, 0.6) is 0 Å². The predicted molar refractivity (Wildman–Crippen MR) is 68.3 cm³/mol. The van der Waals surface area contributed by atoms with Gasteiger partial charge in [0, 0.05) is 0 Å². The quantitative estimate of drug-likeness (QED) is 0.294. The fourth-order valence-corrected chi connectivity index (χ4v) is 8.51. The summed E-state index contributed by atoms with van der Waals surface area (Å²) in [6.45, 7) is 0. The van der Waals surface area contributed by atoms with Crippen molar-refractivity contribution in [1.29, 1.82) is 0 Å². The molecule has 0 atom stereocenters. The van der Waals surface area contributed by atoms with Gasteiger partial charge in [0.25, 0.3) is 0 Å². The Labute approximate surface area is 110 Å². The van der Waals surface area contributed by atoms with E-state index in [1.165, 1.54) is 0 Å². The van der Waals surface area contributed by atoms with E-state index in [-0.39, 0.29) is 0 Å². The van der Waals surface area contributed by atoms with E-state index in [0.717, 1.165) is 0 Å². The van der Waals surface area contributed by atoms with Crippen LogP contribution in [-0.4, -0.2) is 52.2 Å². The van der Waals surface area contributed by atoms with Crippen molar-refractivity contribution in [3.63, 3.8) is 0 Å². The maximum atomic E-state index is 12.0. The first-order chi connectivity index (χ1) is 10.9. The van der Waals surface area contributed by atoms with Crippen LogP contribution in [0, 0.1) is 0 Å². The van der Waals surface area contributed by atoms with Crippen LogP contribution in [-0.2, 0) is 57.8 Å². The van der Waals surface area contributed by atoms with Crippen molar-refractivity contribution in [2.75, 3.05) is 0 Å². The van der Waals surface area contributed by atoms with Crippen LogP contribution in [0.15, 0.2) is 0 Å². The van der Waals surface area contributed by atoms with Crippen molar-refractivity contribution < 1.29 is 57.8 Å². The van der Waals surface area contributed by atoms with Crippen molar-refractivity contribution >= 4 is 52.2 Å². The molecule has 0 saturated carbocycles. The van der Waals surface area contributed by atoms with Crippen LogP contribution in [0.25, 0.3) is 0 Å². The number of hydrogen-bond donors (Lipinski definition) is 0. The molecular weight excluding hydrogens is 522 g/mol. The van der Waals surface area contributed by atoms with Crippen LogP contribution < -0.4 is 0 Å². The van der Waals surface area contributed by atoms with Crippen LogP contribution >= 0.6 is 0 Å². The summed E-state index contributed by atoms with van der Waals surface area (Å²) < 4.78 is -29.6. The number of hydrogen-bond acceptors (Lipinski definition) is 12. The van der Waals surface area contributed by atoms with E-state index >= 15 is 0 Å². The average Bonchev–Trinajstić information content (AvgIpc) is 2.79. The van der Waals surface area contributed by atoms with E-state index in [9.17, 15) is 57.5 Å². The monoisotopic (exact) mass is 523 g/mol. The van der Waals surface area contributed by atoms with E-state index in [4.69, 9.17) is 0 Å². The van der Waals surface area contributed by atoms with E-state index in [1.807, 2.05) is 0 Å². The fraction of sp³-hybridized carbons (Fsp3) is 0. The second-order valence-corrected chi connectivity index (χ2v) is 58.6. The molecule has 0 aromatic heterocycles. The topological polar surface area (TPSA) is 205 Å². The molecule has 13 heteroatoms. The van der Waals surface area contributed by atoms with Gasteiger partial charge in [-0.1, -0.05) is 0 Å². The maximum absolute atomic E-state index is 16.0. The Hall–Kier alpha value is -4.38. The Balaban J connectivity index is 21.2. The van der Waals surface area contributed by atoms with Gasteiger partial charge >= 0.3 is 110 Å². The summed E-state index contributed by atoms with van der Waals surface area (Å²) in [7, 11) is 0. The molecule has 0 amide bonds. The Bertz CT molecular complexity index is 3190. The van der Waals surface area contributed by atoms with E-state index in [0.29, 0.717) is 0 Å². The van der Waals surface area contributed by atoms with Gasteiger partial charge in [0.15, 0.2) is 0 Å². The second-order valence-electron chi connectivity index (χ2n) is 7.16. The molecule has 0 saturated heterocycles. The Morgan fingerprint density at radius 3 is 0.320 bits per heavy atom. The van der Waals surface area contributed by atoms with Gasteiger partial charge in [-0.2, -0.15) is 0 Å². The van der Waals surface area contributed by atoms with Crippen molar-refractivity contribution in [1.82, 2.24) is 0 Å². The Kier molecular flexibility index (Phi) is 1.04. The summed E-state index contributed by atoms with van der Waals surface area (Å²) in [5, 5.41) is 0. The van der Waals surface area contributed by atoms with Crippen molar-refractivity contribution in [2.45, 2.75) is 0 Å². The first-order valence-corrected chi connectivity index (χ1v) is 21.0. The normalized spacial score (nSPS) is 20.2. The first-order valence-electron chi connectivity index (χ1n) is 4.72. The van der Waals surface area contributed by atoms with Gasteiger partial charge in [0.05, 0.1) is 0 Å². The van der Waals surface area contributed by atoms with E-state index in [1.54, 1.807) is 0 Å². The second kappa shape index (κ2) is 1.26. The van der Waals surface area contributed by atoms with Crippen LogP contribution in [0.3, 0.4) is 0 Å². The molecule has 12 nitrogen and oxygen atoms in total. The molecular formula is C12O12Re. The third-order valence-electron chi connectivity index (χ3n) is 5.09. The molecule has 0 bridgehead atoms. The number of rotatable bonds is 0. The molecule has 0 heterocycles. The Morgan fingerprint density at radius 1 is 0.240 bits per heavy atom. The van der Waals surface area contributed by atoms with Gasteiger partial charge in [-0.15, -0.1) is 0 Å². The van der Waals surface area contributed by atoms with Crippen LogP contribution in [0.4, 0.5) is 0 Å². The summed E-state index contributed by atoms with van der Waals surface area (Å²) >= 11 is 0. The predicted octanol–water partition coefficient (Wildman–Crippen LogP) is -4.77. The van der Waals surface area contributed by atoms with Gasteiger partial charge in [0.1, 0.15) is 0 Å². The molecule has 0 fully saturated rings. The molecule has 127 valence electrons. The minimum absolute atomic E-state index is 1.13. The van der Waals surface area contributed by atoms with Crippen molar-refractivity contribution in [3.05, 3.63) is 0 Å². The van der Waals surface area contributed by atoms with Crippen LogP contribution in [0.1, 0.15) is 0 Å². The van der Waals surface area contributed by atoms with Gasteiger partial charge in [-0.05, 0) is 0 Å². The summed E-state index contributed by atoms with van der Waals surface area (Å²) in [5.41, 5.74) is 0. The molecule has 0 aromatic carbocycles. The summed E-state index contributed by atoms with van der Waals surface area (Å²) in [6, 6.07) is 0. The molecule has 0 N–H and O–H groups in total. The molecule has 0 aromatic rings. The standard InChI is InChI=1S/12CO.Re/c12*1-2;.